The quantitative estimate of drug-likeness (QED) is 0.578. The number of aromatic nitrogens is 1. The summed E-state index contributed by atoms with van der Waals surface area (Å²) in [7, 11) is 0. The average Bonchev–Trinajstić information content (AvgIpc) is 2.34. The van der Waals surface area contributed by atoms with E-state index in [-0.39, 0.29) is 6.61 Å². The van der Waals surface area contributed by atoms with Gasteiger partial charge >= 0.3 is 12.3 Å². The van der Waals surface area contributed by atoms with E-state index in [9.17, 15) is 17.6 Å². The highest BCUT2D eigenvalue weighted by molar-refractivity contribution is 5.07. The van der Waals surface area contributed by atoms with Crippen molar-refractivity contribution in [1.29, 1.82) is 0 Å². The highest BCUT2D eigenvalue weighted by Gasteiger charge is 2.40. The Kier molecular flexibility index (Phi) is 6.00. The van der Waals surface area contributed by atoms with Gasteiger partial charge in [0.2, 0.25) is 0 Å². The van der Waals surface area contributed by atoms with Gasteiger partial charge in [0.25, 0.3) is 0 Å². The lowest BCUT2D eigenvalue weighted by atomic mass is 10.3. The van der Waals surface area contributed by atoms with Gasteiger partial charge in [0, 0.05) is 25.5 Å². The summed E-state index contributed by atoms with van der Waals surface area (Å²) in [6.45, 7) is -0.502. The van der Waals surface area contributed by atoms with Gasteiger partial charge in [-0.05, 0) is 11.6 Å². The number of nitrogens with zero attached hydrogens (tertiary/aromatic N) is 1. The highest BCUT2D eigenvalue weighted by atomic mass is 19.3. The Morgan fingerprint density at radius 1 is 1.39 bits per heavy atom. The van der Waals surface area contributed by atoms with E-state index in [4.69, 9.17) is 0 Å². The minimum Gasteiger partial charge on any atom is -0.374 e. The first-order chi connectivity index (χ1) is 8.52. The Hall–Kier alpha value is -1.21. The molecule has 102 valence electrons. The third-order valence-electron chi connectivity index (χ3n) is 2.09. The predicted octanol–water partition coefficient (Wildman–Crippen LogP) is 2.09. The predicted molar refractivity (Wildman–Crippen MR) is 57.7 cm³/mol. The number of halogens is 4. The zero-order valence-electron chi connectivity index (χ0n) is 9.58. The maximum absolute atomic E-state index is 12.4. The Bertz CT molecular complexity index is 335. The molecule has 0 unspecified atom stereocenters. The molecule has 0 spiro atoms. The first-order valence-corrected chi connectivity index (χ1v) is 5.36. The normalized spacial score (nSPS) is 12.1. The second-order valence-corrected chi connectivity index (χ2v) is 3.65. The average molecular weight is 266 g/mol. The smallest absolute Gasteiger partial charge is 0.330 e. The lowest BCUT2D eigenvalue weighted by molar-refractivity contribution is -0.165. The van der Waals surface area contributed by atoms with Crippen LogP contribution in [0.5, 0.6) is 0 Å². The van der Waals surface area contributed by atoms with Crippen molar-refractivity contribution >= 4 is 0 Å². The van der Waals surface area contributed by atoms with Crippen LogP contribution in [-0.4, -0.2) is 37.1 Å². The fourth-order valence-electron chi connectivity index (χ4n) is 1.15. The lowest BCUT2D eigenvalue weighted by Crippen LogP contribution is -2.33. The van der Waals surface area contributed by atoms with Gasteiger partial charge in [0.1, 0.15) is 6.61 Å². The van der Waals surface area contributed by atoms with Crippen molar-refractivity contribution in [2.45, 2.75) is 18.9 Å². The van der Waals surface area contributed by atoms with Crippen LogP contribution in [0, 0.1) is 0 Å². The van der Waals surface area contributed by atoms with Gasteiger partial charge < -0.3 is 10.1 Å². The van der Waals surface area contributed by atoms with Gasteiger partial charge in [0.05, 0.1) is 6.61 Å². The van der Waals surface area contributed by atoms with Crippen molar-refractivity contribution in [3.8, 4) is 0 Å². The van der Waals surface area contributed by atoms with Crippen molar-refractivity contribution in [2.24, 2.45) is 0 Å². The van der Waals surface area contributed by atoms with E-state index in [1.807, 2.05) is 6.07 Å². The number of alkyl halides is 4. The topological polar surface area (TPSA) is 34.1 Å². The molecule has 0 radical (unpaired) electrons. The molecule has 0 bridgehead atoms. The van der Waals surface area contributed by atoms with E-state index in [1.165, 1.54) is 0 Å². The van der Waals surface area contributed by atoms with Gasteiger partial charge in [-0.1, -0.05) is 6.07 Å². The van der Waals surface area contributed by atoms with Crippen molar-refractivity contribution < 1.29 is 22.3 Å². The van der Waals surface area contributed by atoms with E-state index < -0.39 is 19.0 Å². The molecule has 0 atom stereocenters. The number of ether oxygens (including phenoxy) is 1. The Morgan fingerprint density at radius 2 is 2.17 bits per heavy atom. The van der Waals surface area contributed by atoms with Gasteiger partial charge in [-0.3, -0.25) is 4.98 Å². The first-order valence-electron chi connectivity index (χ1n) is 5.36. The van der Waals surface area contributed by atoms with E-state index in [1.54, 1.807) is 18.5 Å². The Balaban J connectivity index is 2.06. The minimum atomic E-state index is -4.08. The first kappa shape index (κ1) is 14.8. The molecular formula is C11H14F4N2O. The van der Waals surface area contributed by atoms with Crippen molar-refractivity contribution in [2.75, 3.05) is 19.8 Å². The van der Waals surface area contributed by atoms with Gasteiger partial charge in [-0.25, -0.2) is 8.78 Å². The lowest BCUT2D eigenvalue weighted by Gasteiger charge is -2.15. The number of pyridine rings is 1. The molecule has 7 heteroatoms. The van der Waals surface area contributed by atoms with E-state index in [2.05, 4.69) is 15.0 Å². The molecule has 1 aromatic heterocycles. The fraction of sp³-hybridized carbons (Fsp3) is 0.545. The van der Waals surface area contributed by atoms with Crippen LogP contribution in [0.3, 0.4) is 0 Å². The molecule has 0 saturated carbocycles. The molecule has 0 aliphatic heterocycles. The van der Waals surface area contributed by atoms with Crippen LogP contribution in [-0.2, 0) is 11.3 Å². The monoisotopic (exact) mass is 266 g/mol. The highest BCUT2D eigenvalue weighted by Crippen LogP contribution is 2.22. The molecule has 0 aromatic carbocycles. The molecule has 0 aliphatic carbocycles. The SMILES string of the molecule is FC(F)C(F)(F)COCCNCc1cccnc1. The molecule has 1 aromatic rings. The molecule has 0 fully saturated rings. The number of hydrogen-bond donors (Lipinski definition) is 1. The number of rotatable bonds is 8. The van der Waals surface area contributed by atoms with Crippen molar-refractivity contribution in [3.63, 3.8) is 0 Å². The standard InChI is InChI=1S/C11H14F4N2O/c12-10(13)11(14,15)8-18-5-4-17-7-9-2-1-3-16-6-9/h1-3,6,10,17H,4-5,7-8H2. The van der Waals surface area contributed by atoms with Gasteiger partial charge in [0.15, 0.2) is 0 Å². The van der Waals surface area contributed by atoms with Crippen molar-refractivity contribution in [3.05, 3.63) is 30.1 Å². The van der Waals surface area contributed by atoms with Crippen LogP contribution in [0.1, 0.15) is 5.56 Å². The van der Waals surface area contributed by atoms with Crippen molar-refractivity contribution in [1.82, 2.24) is 10.3 Å². The minimum absolute atomic E-state index is 0.0530. The molecule has 18 heavy (non-hydrogen) atoms. The summed E-state index contributed by atoms with van der Waals surface area (Å²) in [6, 6.07) is 3.63. The third-order valence-corrected chi connectivity index (χ3v) is 2.09. The summed E-state index contributed by atoms with van der Waals surface area (Å²) in [5.74, 6) is -4.08. The molecule has 1 heterocycles. The Labute approximate surface area is 102 Å². The summed E-state index contributed by atoms with van der Waals surface area (Å²) >= 11 is 0. The summed E-state index contributed by atoms with van der Waals surface area (Å²) < 4.78 is 52.8. The maximum Gasteiger partial charge on any atom is 0.330 e. The zero-order valence-corrected chi connectivity index (χ0v) is 9.58. The van der Waals surface area contributed by atoms with Gasteiger partial charge in [-0.15, -0.1) is 0 Å². The van der Waals surface area contributed by atoms with E-state index in [0.29, 0.717) is 13.1 Å². The molecule has 0 amide bonds. The second kappa shape index (κ2) is 7.27. The number of hydrogen-bond acceptors (Lipinski definition) is 3. The molecule has 3 nitrogen and oxygen atoms in total. The molecular weight excluding hydrogens is 252 g/mol. The summed E-state index contributed by atoms with van der Waals surface area (Å²) in [6.07, 6.45) is -0.390. The van der Waals surface area contributed by atoms with Crippen LogP contribution in [0.25, 0.3) is 0 Å². The molecule has 1 N–H and O–H groups in total. The van der Waals surface area contributed by atoms with Crippen LogP contribution in [0.2, 0.25) is 0 Å². The van der Waals surface area contributed by atoms with Crippen LogP contribution < -0.4 is 5.32 Å². The largest absolute Gasteiger partial charge is 0.374 e. The zero-order chi connectivity index (χ0) is 13.4. The van der Waals surface area contributed by atoms with Crippen LogP contribution in [0.4, 0.5) is 17.6 Å². The molecule has 0 saturated heterocycles. The van der Waals surface area contributed by atoms with Gasteiger partial charge in [-0.2, -0.15) is 8.78 Å². The second-order valence-electron chi connectivity index (χ2n) is 3.65. The third kappa shape index (κ3) is 5.42. The summed E-state index contributed by atoms with van der Waals surface area (Å²) in [5.41, 5.74) is 0.940. The number of nitrogens with one attached hydrogen (secondary N) is 1. The molecule has 1 rings (SSSR count). The fourth-order valence-corrected chi connectivity index (χ4v) is 1.15. The van der Waals surface area contributed by atoms with E-state index >= 15 is 0 Å². The summed E-state index contributed by atoms with van der Waals surface area (Å²) in [4.78, 5) is 3.90. The van der Waals surface area contributed by atoms with Crippen LogP contribution >= 0.6 is 0 Å². The summed E-state index contributed by atoms with van der Waals surface area (Å²) in [5, 5.41) is 2.92. The Morgan fingerprint density at radius 3 is 2.78 bits per heavy atom. The van der Waals surface area contributed by atoms with E-state index in [0.717, 1.165) is 5.56 Å². The maximum atomic E-state index is 12.4. The van der Waals surface area contributed by atoms with Crippen LogP contribution in [0.15, 0.2) is 24.5 Å². The molecule has 0 aliphatic rings.